The summed E-state index contributed by atoms with van der Waals surface area (Å²) >= 11 is 0. The molecule has 0 aliphatic carbocycles. The third-order valence-electron chi connectivity index (χ3n) is 7.04. The summed E-state index contributed by atoms with van der Waals surface area (Å²) in [5, 5.41) is 12.2. The van der Waals surface area contributed by atoms with Crippen LogP contribution >= 0.6 is 0 Å². The van der Waals surface area contributed by atoms with Gasteiger partial charge in [0.05, 0.1) is 23.2 Å². The Hall–Kier alpha value is -3.51. The number of aryl methyl sites for hydroxylation is 1. The Labute approximate surface area is 221 Å². The largest absolute Gasteiger partial charge is 0.465 e. The van der Waals surface area contributed by atoms with Gasteiger partial charge in [0.15, 0.2) is 0 Å². The Kier molecular flexibility index (Phi) is 8.62. The Morgan fingerprint density at radius 1 is 1.24 bits per heavy atom. The normalized spacial score (nSPS) is 14.5. The first-order valence-corrected chi connectivity index (χ1v) is 13.6. The van der Waals surface area contributed by atoms with Crippen molar-refractivity contribution < 1.29 is 31.9 Å². The number of carbonyl (C=O) groups excluding carboxylic acids is 1. The zero-order valence-corrected chi connectivity index (χ0v) is 22.2. The van der Waals surface area contributed by atoms with E-state index in [9.17, 15) is 22.4 Å². The number of halogens is 1. The number of carbonyl (C=O) groups is 2. The maximum atomic E-state index is 13.5. The predicted molar refractivity (Wildman–Crippen MR) is 140 cm³/mol. The quantitative estimate of drug-likeness (QED) is 0.349. The second-order valence-electron chi connectivity index (χ2n) is 9.32. The van der Waals surface area contributed by atoms with Crippen LogP contribution < -0.4 is 5.32 Å². The van der Waals surface area contributed by atoms with Crippen LogP contribution in [0.15, 0.2) is 34.7 Å². The van der Waals surface area contributed by atoms with Crippen molar-refractivity contribution in [2.45, 2.75) is 39.2 Å². The van der Waals surface area contributed by atoms with E-state index >= 15 is 0 Å². The maximum absolute atomic E-state index is 13.5. The molecule has 4 rings (SSSR count). The van der Waals surface area contributed by atoms with Crippen molar-refractivity contribution in [3.8, 4) is 11.3 Å². The number of carboxylic acid groups (broad SMARTS) is 1. The fourth-order valence-corrected chi connectivity index (χ4v) is 5.36. The second kappa shape index (κ2) is 11.9. The van der Waals surface area contributed by atoms with E-state index in [0.717, 1.165) is 5.56 Å². The van der Waals surface area contributed by atoms with Crippen molar-refractivity contribution in [2.75, 3.05) is 26.7 Å². The minimum atomic E-state index is -2.89. The molecule has 38 heavy (non-hydrogen) atoms. The highest BCUT2D eigenvalue weighted by molar-refractivity contribution is 7.69. The summed E-state index contributed by atoms with van der Waals surface area (Å²) in [5.74, 6) is -0.301. The number of nitrogens with one attached hydrogen (secondary N) is 1. The van der Waals surface area contributed by atoms with Gasteiger partial charge in [-0.05, 0) is 67.5 Å². The lowest BCUT2D eigenvalue weighted by Crippen LogP contribution is -2.38. The van der Waals surface area contributed by atoms with Gasteiger partial charge in [0, 0.05) is 32.2 Å². The molecule has 2 amide bonds. The lowest BCUT2D eigenvalue weighted by molar-refractivity contribution is 0.0964. The van der Waals surface area contributed by atoms with Crippen molar-refractivity contribution in [2.24, 2.45) is 5.92 Å². The van der Waals surface area contributed by atoms with Crippen LogP contribution in [0.2, 0.25) is 0 Å². The molecule has 1 aliphatic rings. The second-order valence-corrected chi connectivity index (χ2v) is 10.4. The molecule has 0 unspecified atom stereocenters. The van der Waals surface area contributed by atoms with Crippen LogP contribution in [0.1, 0.15) is 47.8 Å². The molecule has 1 aliphatic heterocycles. The molecule has 1 saturated heterocycles. The van der Waals surface area contributed by atoms with Gasteiger partial charge in [-0.25, -0.2) is 22.6 Å². The first kappa shape index (κ1) is 27.5. The Bertz CT molecular complexity index is 1390. The van der Waals surface area contributed by atoms with Crippen LogP contribution in [0.4, 0.5) is 9.18 Å². The van der Waals surface area contributed by atoms with Crippen molar-refractivity contribution in [3.05, 3.63) is 53.0 Å². The van der Waals surface area contributed by atoms with Crippen LogP contribution in [0.3, 0.4) is 0 Å². The van der Waals surface area contributed by atoms with Crippen molar-refractivity contribution >= 4 is 34.0 Å². The third-order valence-corrected chi connectivity index (χ3v) is 7.84. The number of amides is 2. The van der Waals surface area contributed by atoms with Gasteiger partial charge in [0.2, 0.25) is 16.6 Å². The van der Waals surface area contributed by atoms with Crippen LogP contribution in [0.5, 0.6) is 0 Å². The van der Waals surface area contributed by atoms with E-state index < -0.39 is 22.8 Å². The number of fused-ring (bicyclic) bond motifs is 1. The van der Waals surface area contributed by atoms with Crippen LogP contribution in [0, 0.1) is 11.7 Å². The summed E-state index contributed by atoms with van der Waals surface area (Å²) in [4.78, 5) is 29.9. The number of benzene rings is 1. The van der Waals surface area contributed by atoms with Crippen molar-refractivity contribution in [1.29, 1.82) is 0 Å². The number of pyridine rings is 1. The summed E-state index contributed by atoms with van der Waals surface area (Å²) in [6.45, 7) is 3.16. The molecule has 1 aromatic carbocycles. The van der Waals surface area contributed by atoms with Crippen LogP contribution in [0.25, 0.3) is 22.4 Å². The van der Waals surface area contributed by atoms with Crippen LogP contribution in [-0.4, -0.2) is 66.4 Å². The van der Waals surface area contributed by atoms with E-state index in [1.165, 1.54) is 40.5 Å². The Morgan fingerprint density at radius 3 is 2.50 bits per heavy atom. The Balaban J connectivity index is 1.61. The molecule has 0 radical (unpaired) electrons. The molecule has 0 spiro atoms. The Morgan fingerprint density at radius 2 is 1.92 bits per heavy atom. The maximum Gasteiger partial charge on any atom is 0.407 e. The fraction of sp³-hybridized carbons (Fsp3) is 0.423. The predicted octanol–water partition coefficient (Wildman–Crippen LogP) is 3.66. The molecule has 3 aromatic rings. The highest BCUT2D eigenvalue weighted by Gasteiger charge is 2.26. The van der Waals surface area contributed by atoms with E-state index in [1.54, 1.807) is 6.07 Å². The summed E-state index contributed by atoms with van der Waals surface area (Å²) in [6, 6.07) is 7.40. The van der Waals surface area contributed by atoms with Gasteiger partial charge in [0.1, 0.15) is 11.6 Å². The summed E-state index contributed by atoms with van der Waals surface area (Å²) in [5.41, 5.74) is 2.30. The molecular formula is C26H31FN4O6S. The first-order chi connectivity index (χ1) is 18.2. The van der Waals surface area contributed by atoms with Gasteiger partial charge in [-0.2, -0.15) is 4.31 Å². The van der Waals surface area contributed by atoms with Crippen LogP contribution in [-0.2, 0) is 23.9 Å². The number of thiol groups is 1. The monoisotopic (exact) mass is 546 g/mol. The average Bonchev–Trinajstić information content (AvgIpc) is 3.28. The van der Waals surface area contributed by atoms with Gasteiger partial charge >= 0.3 is 6.09 Å². The molecule has 204 valence electrons. The van der Waals surface area contributed by atoms with E-state index in [0.29, 0.717) is 62.0 Å². The highest BCUT2D eigenvalue weighted by atomic mass is 32.2. The SMILES string of the molecule is CCc1cc2c(C(=O)NC)c(-c3ccc(F)cc3)oc2nc1CN(CCC1CCN(C(=O)O)CC1)[SH](=O)=O. The molecule has 0 atom stereocenters. The number of rotatable bonds is 9. The molecule has 12 heteroatoms. The minimum absolute atomic E-state index is 0.0493. The van der Waals surface area contributed by atoms with Gasteiger partial charge in [0.25, 0.3) is 5.91 Å². The number of hydrogen-bond acceptors (Lipinski definition) is 6. The zero-order valence-electron chi connectivity index (χ0n) is 21.3. The topological polar surface area (TPSA) is 133 Å². The number of likely N-dealkylation sites (tertiary alicyclic amines) is 1. The van der Waals surface area contributed by atoms with Gasteiger partial charge in [-0.1, -0.05) is 6.92 Å². The van der Waals surface area contributed by atoms with Gasteiger partial charge in [-0.3, -0.25) is 4.79 Å². The van der Waals surface area contributed by atoms with E-state index in [1.807, 2.05) is 6.92 Å². The number of furan rings is 1. The van der Waals surface area contributed by atoms with E-state index in [-0.39, 0.29) is 35.4 Å². The standard InChI is InChI=1S/C26H31FN4O6S/c1-3-17-14-20-22(24(32)28-2)23(18-4-6-19(27)7-5-18)37-25(20)29-21(17)15-31(38(35)36)13-10-16-8-11-30(12-9-16)26(33)34/h4-7,14,16,38H,3,8-13,15H2,1-2H3,(H,28,32)(H,33,34). The molecule has 1 fully saturated rings. The van der Waals surface area contributed by atoms with Gasteiger partial charge < -0.3 is 19.7 Å². The molecule has 0 saturated carbocycles. The first-order valence-electron chi connectivity index (χ1n) is 12.5. The minimum Gasteiger partial charge on any atom is -0.465 e. The average molecular weight is 547 g/mol. The number of piperidine rings is 1. The van der Waals surface area contributed by atoms with Crippen molar-refractivity contribution in [1.82, 2.24) is 19.5 Å². The summed E-state index contributed by atoms with van der Waals surface area (Å²) < 4.78 is 45.1. The van der Waals surface area contributed by atoms with E-state index in [4.69, 9.17) is 9.52 Å². The molecule has 0 bridgehead atoms. The lowest BCUT2D eigenvalue weighted by atomic mass is 9.94. The fourth-order valence-electron chi connectivity index (χ4n) is 4.83. The zero-order chi connectivity index (χ0) is 27.4. The number of hydrogen-bond donors (Lipinski definition) is 3. The molecule has 3 heterocycles. The molecule has 10 nitrogen and oxygen atoms in total. The summed E-state index contributed by atoms with van der Waals surface area (Å²) in [7, 11) is -1.38. The summed E-state index contributed by atoms with van der Waals surface area (Å²) in [6.07, 6.45) is 1.64. The lowest BCUT2D eigenvalue weighted by Gasteiger charge is -2.30. The number of nitrogens with zero attached hydrogens (tertiary/aromatic N) is 3. The van der Waals surface area contributed by atoms with E-state index in [2.05, 4.69) is 10.3 Å². The molecule has 2 N–H and O–H groups in total. The molecule has 2 aromatic heterocycles. The number of aromatic nitrogens is 1. The highest BCUT2D eigenvalue weighted by Crippen LogP contribution is 2.34. The van der Waals surface area contributed by atoms with Crippen molar-refractivity contribution in [3.63, 3.8) is 0 Å². The smallest absolute Gasteiger partial charge is 0.407 e. The molecular weight excluding hydrogens is 515 g/mol. The third kappa shape index (κ3) is 5.97. The van der Waals surface area contributed by atoms with Gasteiger partial charge in [-0.15, -0.1) is 0 Å².